The molecule has 92 valence electrons. The van der Waals surface area contributed by atoms with Gasteiger partial charge in [0.15, 0.2) is 0 Å². The fraction of sp³-hybridized carbons (Fsp3) is 0.294. The molecule has 0 aromatic heterocycles. The number of para-hydroxylation sites is 2. The lowest BCUT2D eigenvalue weighted by Crippen LogP contribution is -2.09. The van der Waals surface area contributed by atoms with Crippen molar-refractivity contribution in [1.29, 1.82) is 0 Å². The van der Waals surface area contributed by atoms with Gasteiger partial charge in [-0.2, -0.15) is 0 Å². The first-order valence-electron chi connectivity index (χ1n) is 6.84. The number of aryl methyl sites for hydroxylation is 1. The van der Waals surface area contributed by atoms with Crippen LogP contribution in [0.5, 0.6) is 0 Å². The van der Waals surface area contributed by atoms with Gasteiger partial charge in [0.25, 0.3) is 0 Å². The van der Waals surface area contributed by atoms with Gasteiger partial charge in [0.1, 0.15) is 0 Å². The molecule has 0 spiro atoms. The topological polar surface area (TPSA) is 12.0 Å². The summed E-state index contributed by atoms with van der Waals surface area (Å²) in [6.45, 7) is 2.25. The van der Waals surface area contributed by atoms with Crippen molar-refractivity contribution in [3.63, 3.8) is 0 Å². The molecule has 0 atom stereocenters. The van der Waals surface area contributed by atoms with E-state index in [1.165, 1.54) is 47.3 Å². The van der Waals surface area contributed by atoms with Crippen LogP contribution in [0, 0.1) is 0 Å². The third-order valence-electron chi connectivity index (χ3n) is 3.69. The predicted octanol–water partition coefficient (Wildman–Crippen LogP) is 4.68. The van der Waals surface area contributed by atoms with E-state index in [0.717, 1.165) is 6.42 Å². The van der Waals surface area contributed by atoms with Crippen molar-refractivity contribution in [3.8, 4) is 0 Å². The molecule has 0 amide bonds. The van der Waals surface area contributed by atoms with Crippen LogP contribution in [0.25, 0.3) is 0 Å². The Morgan fingerprint density at radius 1 is 1.00 bits per heavy atom. The van der Waals surface area contributed by atoms with Crippen molar-refractivity contribution in [3.05, 3.63) is 59.2 Å². The second kappa shape index (κ2) is 4.85. The van der Waals surface area contributed by atoms with E-state index in [9.17, 15) is 0 Å². The summed E-state index contributed by atoms with van der Waals surface area (Å²) in [6, 6.07) is 15.3. The number of fused-ring (bicyclic) bond motifs is 2. The lowest BCUT2D eigenvalue weighted by Gasteiger charge is -2.24. The Morgan fingerprint density at radius 3 is 2.72 bits per heavy atom. The molecule has 0 bridgehead atoms. The van der Waals surface area contributed by atoms with Gasteiger partial charge >= 0.3 is 0 Å². The maximum Gasteiger partial charge on any atom is 0.0452 e. The van der Waals surface area contributed by atoms with Crippen LogP contribution in [0.4, 0.5) is 11.4 Å². The highest BCUT2D eigenvalue weighted by Gasteiger charge is 2.16. The van der Waals surface area contributed by atoms with Crippen LogP contribution in [0.1, 0.15) is 36.5 Å². The van der Waals surface area contributed by atoms with Gasteiger partial charge in [-0.25, -0.2) is 0 Å². The lowest BCUT2D eigenvalue weighted by molar-refractivity contribution is 0.795. The minimum Gasteiger partial charge on any atom is -0.355 e. The Labute approximate surface area is 109 Å². The summed E-state index contributed by atoms with van der Waals surface area (Å²) in [5.74, 6) is 0. The lowest BCUT2D eigenvalue weighted by atomic mass is 9.93. The van der Waals surface area contributed by atoms with Gasteiger partial charge in [-0.15, -0.1) is 0 Å². The van der Waals surface area contributed by atoms with Gasteiger partial charge < -0.3 is 5.32 Å². The number of hydrogen-bond acceptors (Lipinski definition) is 1. The zero-order valence-corrected chi connectivity index (χ0v) is 10.9. The first-order chi connectivity index (χ1) is 8.88. The first kappa shape index (κ1) is 11.3. The van der Waals surface area contributed by atoms with Gasteiger partial charge in [-0.1, -0.05) is 49.7 Å². The van der Waals surface area contributed by atoms with E-state index in [-0.39, 0.29) is 0 Å². The Morgan fingerprint density at radius 2 is 1.83 bits per heavy atom. The van der Waals surface area contributed by atoms with Crippen LogP contribution in [0.2, 0.25) is 0 Å². The molecule has 0 aliphatic carbocycles. The van der Waals surface area contributed by atoms with Crippen molar-refractivity contribution >= 4 is 11.4 Å². The van der Waals surface area contributed by atoms with Crippen molar-refractivity contribution in [2.24, 2.45) is 0 Å². The SMILES string of the molecule is CCCCc1cccc2c1Nc1ccccc1C2. The van der Waals surface area contributed by atoms with E-state index in [0.29, 0.717) is 0 Å². The fourth-order valence-corrected chi connectivity index (χ4v) is 2.67. The molecular weight excluding hydrogens is 218 g/mol. The molecule has 1 aliphatic heterocycles. The van der Waals surface area contributed by atoms with Crippen molar-refractivity contribution < 1.29 is 0 Å². The zero-order valence-electron chi connectivity index (χ0n) is 10.9. The number of nitrogens with one attached hydrogen (secondary N) is 1. The van der Waals surface area contributed by atoms with Crippen molar-refractivity contribution in [2.75, 3.05) is 5.32 Å². The summed E-state index contributed by atoms with van der Waals surface area (Å²) in [5.41, 5.74) is 6.92. The summed E-state index contributed by atoms with van der Waals surface area (Å²) in [5, 5.41) is 3.62. The van der Waals surface area contributed by atoms with Crippen LogP contribution < -0.4 is 5.32 Å². The van der Waals surface area contributed by atoms with Gasteiger partial charge in [-0.05, 0) is 35.6 Å². The third-order valence-corrected chi connectivity index (χ3v) is 3.69. The Kier molecular flexibility index (Phi) is 3.06. The highest BCUT2D eigenvalue weighted by Crippen LogP contribution is 2.35. The van der Waals surface area contributed by atoms with E-state index in [2.05, 4.69) is 54.7 Å². The van der Waals surface area contributed by atoms with Gasteiger partial charge in [0.2, 0.25) is 0 Å². The van der Waals surface area contributed by atoms with Crippen LogP contribution >= 0.6 is 0 Å². The van der Waals surface area contributed by atoms with E-state index < -0.39 is 0 Å². The molecule has 0 saturated carbocycles. The normalized spacial score (nSPS) is 12.5. The molecule has 0 fully saturated rings. The highest BCUT2D eigenvalue weighted by molar-refractivity contribution is 5.74. The van der Waals surface area contributed by atoms with Gasteiger partial charge in [0.05, 0.1) is 0 Å². The maximum atomic E-state index is 3.62. The molecule has 1 nitrogen and oxygen atoms in total. The highest BCUT2D eigenvalue weighted by atomic mass is 14.9. The number of unbranched alkanes of at least 4 members (excludes halogenated alkanes) is 1. The number of benzene rings is 2. The smallest absolute Gasteiger partial charge is 0.0452 e. The molecule has 1 heteroatoms. The largest absolute Gasteiger partial charge is 0.355 e. The van der Waals surface area contributed by atoms with Crippen LogP contribution in [0.15, 0.2) is 42.5 Å². The Bertz CT molecular complexity index is 557. The van der Waals surface area contributed by atoms with Crippen molar-refractivity contribution in [1.82, 2.24) is 0 Å². The summed E-state index contributed by atoms with van der Waals surface area (Å²) in [4.78, 5) is 0. The number of rotatable bonds is 3. The number of hydrogen-bond donors (Lipinski definition) is 1. The van der Waals surface area contributed by atoms with Gasteiger partial charge in [0, 0.05) is 17.8 Å². The van der Waals surface area contributed by atoms with Crippen molar-refractivity contribution in [2.45, 2.75) is 32.6 Å². The van der Waals surface area contributed by atoms with Crippen LogP contribution in [0.3, 0.4) is 0 Å². The molecule has 1 aliphatic rings. The first-order valence-corrected chi connectivity index (χ1v) is 6.84. The Hall–Kier alpha value is -1.76. The number of anilines is 2. The molecule has 0 unspecified atom stereocenters. The third kappa shape index (κ3) is 2.01. The molecule has 3 rings (SSSR count). The maximum absolute atomic E-state index is 3.62. The second-order valence-corrected chi connectivity index (χ2v) is 5.01. The summed E-state index contributed by atoms with van der Waals surface area (Å²) in [7, 11) is 0. The second-order valence-electron chi connectivity index (χ2n) is 5.01. The monoisotopic (exact) mass is 237 g/mol. The van der Waals surface area contributed by atoms with E-state index in [4.69, 9.17) is 0 Å². The fourth-order valence-electron chi connectivity index (χ4n) is 2.67. The predicted molar refractivity (Wildman–Crippen MR) is 77.6 cm³/mol. The standard InChI is InChI=1S/C17H19N/c1-2-3-7-13-9-6-10-15-12-14-8-4-5-11-16(14)18-17(13)15/h4-6,8-11,18H,2-3,7,12H2,1H3. The molecule has 1 heterocycles. The average Bonchev–Trinajstić information content (AvgIpc) is 2.43. The van der Waals surface area contributed by atoms with E-state index >= 15 is 0 Å². The van der Waals surface area contributed by atoms with E-state index in [1.54, 1.807) is 0 Å². The molecule has 0 saturated heterocycles. The molecule has 1 N–H and O–H groups in total. The van der Waals surface area contributed by atoms with Crippen LogP contribution in [-0.4, -0.2) is 0 Å². The van der Waals surface area contributed by atoms with Crippen LogP contribution in [-0.2, 0) is 12.8 Å². The van der Waals surface area contributed by atoms with Gasteiger partial charge in [-0.3, -0.25) is 0 Å². The summed E-state index contributed by atoms with van der Waals surface area (Å²) >= 11 is 0. The molecule has 0 radical (unpaired) electrons. The minimum atomic E-state index is 1.05. The summed E-state index contributed by atoms with van der Waals surface area (Å²) in [6.07, 6.45) is 4.74. The summed E-state index contributed by atoms with van der Waals surface area (Å²) < 4.78 is 0. The zero-order chi connectivity index (χ0) is 12.4. The average molecular weight is 237 g/mol. The Balaban J connectivity index is 1.97. The quantitative estimate of drug-likeness (QED) is 0.697. The molecule has 2 aromatic rings. The molecular formula is C17H19N. The molecule has 2 aromatic carbocycles. The minimum absolute atomic E-state index is 1.05. The van der Waals surface area contributed by atoms with E-state index in [1.807, 2.05) is 0 Å². The molecule has 18 heavy (non-hydrogen) atoms.